The van der Waals surface area contributed by atoms with Crippen LogP contribution in [0, 0.1) is 0 Å². The van der Waals surface area contributed by atoms with Gasteiger partial charge in [-0.25, -0.2) is 4.79 Å². The minimum atomic E-state index is -2.36. The van der Waals surface area contributed by atoms with Crippen molar-refractivity contribution >= 4 is 5.97 Å². The van der Waals surface area contributed by atoms with E-state index in [-0.39, 0.29) is 0 Å². The number of aliphatic hydroxyl groups is 7. The number of aliphatic hydroxyl groups excluding tert-OH is 7. The maximum atomic E-state index is 10.3. The molecule has 0 bridgehead atoms. The van der Waals surface area contributed by atoms with Gasteiger partial charge in [-0.1, -0.05) is 0 Å². The molecule has 0 fully saturated rings. The van der Waals surface area contributed by atoms with Gasteiger partial charge in [-0.05, 0) is 0 Å². The van der Waals surface area contributed by atoms with Gasteiger partial charge in [-0.3, -0.25) is 0 Å². The topological polar surface area (TPSA) is 179 Å². The normalized spacial score (nSPS) is 22.3. The number of carboxylic acids is 1. The Kier molecular flexibility index (Phi) is 6.49. The molecule has 0 unspecified atom stereocenters. The van der Waals surface area contributed by atoms with E-state index in [1.807, 2.05) is 0 Å². The molecule has 0 spiro atoms. The van der Waals surface area contributed by atoms with Crippen LogP contribution in [-0.4, -0.2) is 90.1 Å². The average Bonchev–Trinajstić information content (AvgIpc) is 2.32. The van der Waals surface area contributed by atoms with Crippen LogP contribution < -0.4 is 0 Å². The molecular formula is C8H16O9. The minimum Gasteiger partial charge on any atom is -0.479 e. The molecule has 0 radical (unpaired) electrons. The molecule has 6 atom stereocenters. The zero-order valence-electron chi connectivity index (χ0n) is 8.66. The number of carboxylic acid groups (broad SMARTS) is 1. The number of hydrogen-bond acceptors (Lipinski definition) is 8. The summed E-state index contributed by atoms with van der Waals surface area (Å²) in [5.74, 6) is -1.83. The van der Waals surface area contributed by atoms with Crippen LogP contribution in [-0.2, 0) is 4.79 Å². The Hall–Kier alpha value is -0.810. The molecule has 0 amide bonds. The van der Waals surface area contributed by atoms with Gasteiger partial charge >= 0.3 is 5.97 Å². The predicted molar refractivity (Wildman–Crippen MR) is 50.8 cm³/mol. The van der Waals surface area contributed by atoms with Crippen molar-refractivity contribution in [1.29, 1.82) is 0 Å². The molecule has 9 heteroatoms. The van der Waals surface area contributed by atoms with Gasteiger partial charge in [0.15, 0.2) is 6.10 Å². The maximum absolute atomic E-state index is 10.3. The lowest BCUT2D eigenvalue weighted by Crippen LogP contribution is -2.54. The first-order chi connectivity index (χ1) is 7.73. The quantitative estimate of drug-likeness (QED) is 0.222. The van der Waals surface area contributed by atoms with Crippen molar-refractivity contribution < 1.29 is 45.6 Å². The van der Waals surface area contributed by atoms with Gasteiger partial charge in [0.25, 0.3) is 0 Å². The summed E-state index contributed by atoms with van der Waals surface area (Å²) in [7, 11) is 0. The van der Waals surface area contributed by atoms with Crippen molar-refractivity contribution in [3.05, 3.63) is 0 Å². The van der Waals surface area contributed by atoms with E-state index in [0.717, 1.165) is 0 Å². The number of rotatable bonds is 7. The van der Waals surface area contributed by atoms with Crippen molar-refractivity contribution in [2.45, 2.75) is 36.6 Å². The van der Waals surface area contributed by atoms with E-state index in [0.29, 0.717) is 0 Å². The number of aliphatic carboxylic acids is 1. The van der Waals surface area contributed by atoms with Crippen molar-refractivity contribution in [3.8, 4) is 0 Å². The van der Waals surface area contributed by atoms with Crippen LogP contribution in [0.25, 0.3) is 0 Å². The molecule has 0 aliphatic heterocycles. The Balaban J connectivity index is 4.58. The summed E-state index contributed by atoms with van der Waals surface area (Å²) in [5.41, 5.74) is 0. The fourth-order valence-electron chi connectivity index (χ4n) is 1.07. The van der Waals surface area contributed by atoms with Gasteiger partial charge in [0.1, 0.15) is 30.5 Å². The minimum absolute atomic E-state index is 0.914. The number of hydrogen-bond donors (Lipinski definition) is 8. The summed E-state index contributed by atoms with van der Waals surface area (Å²) < 4.78 is 0. The molecule has 0 aromatic rings. The fourth-order valence-corrected chi connectivity index (χ4v) is 1.07. The highest BCUT2D eigenvalue weighted by Crippen LogP contribution is 2.11. The van der Waals surface area contributed by atoms with Crippen LogP contribution in [0.5, 0.6) is 0 Å². The van der Waals surface area contributed by atoms with Crippen molar-refractivity contribution in [3.63, 3.8) is 0 Å². The average molecular weight is 256 g/mol. The SMILES string of the molecule is O=C(O)[C@@H](O)[C@@H](O)[C@@H](O)[C@@H](O)[C@H](O)[C@@H](O)CO. The molecule has 102 valence electrons. The van der Waals surface area contributed by atoms with Gasteiger partial charge in [0, 0.05) is 0 Å². The Morgan fingerprint density at radius 2 is 1.24 bits per heavy atom. The zero-order chi connectivity index (χ0) is 13.7. The van der Waals surface area contributed by atoms with Gasteiger partial charge in [-0.2, -0.15) is 0 Å². The Bertz CT molecular complexity index is 245. The molecule has 0 aliphatic carbocycles. The second-order valence-corrected chi connectivity index (χ2v) is 3.50. The van der Waals surface area contributed by atoms with Crippen LogP contribution in [0.3, 0.4) is 0 Å². The third kappa shape index (κ3) is 4.16. The van der Waals surface area contributed by atoms with Crippen LogP contribution in [0.2, 0.25) is 0 Å². The van der Waals surface area contributed by atoms with E-state index in [1.165, 1.54) is 0 Å². The lowest BCUT2D eigenvalue weighted by molar-refractivity contribution is -0.175. The molecule has 8 N–H and O–H groups in total. The summed E-state index contributed by atoms with van der Waals surface area (Å²) in [6, 6.07) is 0. The van der Waals surface area contributed by atoms with Crippen LogP contribution >= 0.6 is 0 Å². The van der Waals surface area contributed by atoms with Gasteiger partial charge in [0.05, 0.1) is 6.61 Å². The van der Waals surface area contributed by atoms with E-state index in [2.05, 4.69) is 0 Å². The molecule has 0 saturated carbocycles. The van der Waals surface area contributed by atoms with Crippen LogP contribution in [0.4, 0.5) is 0 Å². The summed E-state index contributed by atoms with van der Waals surface area (Å²) in [6.07, 6.45) is -12.8. The predicted octanol–water partition coefficient (Wildman–Crippen LogP) is -4.77. The first-order valence-corrected chi connectivity index (χ1v) is 4.66. The summed E-state index contributed by atoms with van der Waals surface area (Å²) in [4.78, 5) is 10.3. The third-order valence-electron chi connectivity index (χ3n) is 2.21. The Morgan fingerprint density at radius 3 is 1.59 bits per heavy atom. The van der Waals surface area contributed by atoms with Crippen LogP contribution in [0.15, 0.2) is 0 Å². The molecule has 0 aromatic heterocycles. The van der Waals surface area contributed by atoms with Crippen molar-refractivity contribution in [2.75, 3.05) is 6.61 Å². The maximum Gasteiger partial charge on any atom is 0.335 e. The second-order valence-electron chi connectivity index (χ2n) is 3.50. The first-order valence-electron chi connectivity index (χ1n) is 4.66. The molecule has 17 heavy (non-hydrogen) atoms. The molecular weight excluding hydrogens is 240 g/mol. The highest BCUT2D eigenvalue weighted by Gasteiger charge is 2.39. The standard InChI is InChI=1S/C8H16O9/c9-1-2(10)3(11)4(12)5(13)6(14)7(15)8(16)17/h2-7,9-15H,1H2,(H,16,17)/t2-,3+,4-,5-,6-,7-/m0/s1. The Labute approximate surface area is 95.8 Å². The highest BCUT2D eigenvalue weighted by atomic mass is 16.4. The van der Waals surface area contributed by atoms with E-state index in [4.69, 9.17) is 30.6 Å². The monoisotopic (exact) mass is 256 g/mol. The van der Waals surface area contributed by atoms with Gasteiger partial charge in [-0.15, -0.1) is 0 Å². The van der Waals surface area contributed by atoms with E-state index in [9.17, 15) is 15.0 Å². The summed E-state index contributed by atoms with van der Waals surface area (Å²) >= 11 is 0. The van der Waals surface area contributed by atoms with E-state index < -0.39 is 49.2 Å². The van der Waals surface area contributed by atoms with Crippen molar-refractivity contribution in [2.24, 2.45) is 0 Å². The first kappa shape index (κ1) is 16.2. The van der Waals surface area contributed by atoms with Gasteiger partial charge in [0.2, 0.25) is 0 Å². The lowest BCUT2D eigenvalue weighted by Gasteiger charge is -2.29. The molecule has 0 aliphatic rings. The third-order valence-corrected chi connectivity index (χ3v) is 2.21. The summed E-state index contributed by atoms with van der Waals surface area (Å²) in [6.45, 7) is -0.914. The molecule has 0 heterocycles. The van der Waals surface area contributed by atoms with Crippen LogP contribution in [0.1, 0.15) is 0 Å². The van der Waals surface area contributed by atoms with E-state index in [1.54, 1.807) is 0 Å². The fraction of sp³-hybridized carbons (Fsp3) is 0.875. The molecule has 9 nitrogen and oxygen atoms in total. The lowest BCUT2D eigenvalue weighted by atomic mass is 9.96. The molecule has 0 rings (SSSR count). The van der Waals surface area contributed by atoms with Gasteiger partial charge < -0.3 is 40.9 Å². The Morgan fingerprint density at radius 1 is 0.824 bits per heavy atom. The smallest absolute Gasteiger partial charge is 0.335 e. The number of carbonyl (C=O) groups is 1. The molecule has 0 aromatic carbocycles. The van der Waals surface area contributed by atoms with Crippen molar-refractivity contribution in [1.82, 2.24) is 0 Å². The zero-order valence-corrected chi connectivity index (χ0v) is 8.66. The van der Waals surface area contributed by atoms with E-state index >= 15 is 0 Å². The second kappa shape index (κ2) is 6.81. The highest BCUT2D eigenvalue weighted by molar-refractivity contribution is 5.72. The molecule has 0 saturated heterocycles. The summed E-state index contributed by atoms with van der Waals surface area (Å²) in [5, 5.41) is 71.4. The largest absolute Gasteiger partial charge is 0.479 e.